The lowest BCUT2D eigenvalue weighted by molar-refractivity contribution is -0.142. The van der Waals surface area contributed by atoms with Crippen LogP contribution in [0.3, 0.4) is 0 Å². The maximum atomic E-state index is 12.3. The maximum absolute atomic E-state index is 12.3. The first-order chi connectivity index (χ1) is 29.7. The van der Waals surface area contributed by atoms with Crippen molar-refractivity contribution in [1.82, 2.24) is 5.32 Å². The summed E-state index contributed by atoms with van der Waals surface area (Å²) < 4.78 is 75.9. The van der Waals surface area contributed by atoms with E-state index in [4.69, 9.17) is 66.3 Å². The minimum atomic E-state index is -0.457. The monoisotopic (exact) mass is 853 g/mol. The molecule has 1 aliphatic rings. The molecule has 0 heterocycles. The second-order valence-corrected chi connectivity index (χ2v) is 12.9. The number of hydrogen-bond donors (Lipinski definition) is 1. The summed E-state index contributed by atoms with van der Waals surface area (Å²) in [6.07, 6.45) is -0.457. The molecule has 1 amide bonds. The van der Waals surface area contributed by atoms with Crippen molar-refractivity contribution in [2.24, 2.45) is 0 Å². The number of carbonyl (C=O) groups excluding carboxylic acids is 2. The molecule has 0 bridgehead atoms. The lowest BCUT2D eigenvalue weighted by atomic mass is 9.98. The van der Waals surface area contributed by atoms with Crippen LogP contribution in [-0.4, -0.2) is 190 Å². The van der Waals surface area contributed by atoms with Gasteiger partial charge < -0.3 is 71.6 Å². The fourth-order valence-corrected chi connectivity index (χ4v) is 5.64. The average molecular weight is 854 g/mol. The summed E-state index contributed by atoms with van der Waals surface area (Å²) >= 11 is 0. The van der Waals surface area contributed by atoms with E-state index in [1.807, 2.05) is 24.3 Å². The molecule has 340 valence electrons. The first-order valence-corrected chi connectivity index (χ1v) is 20.8. The van der Waals surface area contributed by atoms with Gasteiger partial charge in [0.05, 0.1) is 159 Å². The third-order valence-corrected chi connectivity index (χ3v) is 8.48. The molecular formula is C43H67NO16. The van der Waals surface area contributed by atoms with E-state index in [-0.39, 0.29) is 25.1 Å². The highest BCUT2D eigenvalue weighted by molar-refractivity contribution is 5.79. The molecule has 0 unspecified atom stereocenters. The van der Waals surface area contributed by atoms with Crippen molar-refractivity contribution < 1.29 is 75.9 Å². The highest BCUT2D eigenvalue weighted by atomic mass is 16.6. The number of amides is 1. The highest BCUT2D eigenvalue weighted by Crippen LogP contribution is 2.44. The highest BCUT2D eigenvalue weighted by Gasteiger charge is 2.29. The topological polar surface area (TPSA) is 175 Å². The van der Waals surface area contributed by atoms with Crippen LogP contribution in [0.5, 0.6) is 0 Å². The van der Waals surface area contributed by atoms with Gasteiger partial charge in [-0.15, -0.1) is 0 Å². The zero-order chi connectivity index (χ0) is 42.4. The Hall–Kier alpha value is -3.30. The van der Waals surface area contributed by atoms with Crippen LogP contribution in [0.4, 0.5) is 4.79 Å². The number of alkyl carbamates (subject to hydrolysis) is 1. The number of nitrogens with one attached hydrogen (secondary N) is 1. The fourth-order valence-electron chi connectivity index (χ4n) is 5.64. The van der Waals surface area contributed by atoms with Crippen molar-refractivity contribution in [2.75, 3.05) is 178 Å². The Morgan fingerprint density at radius 1 is 0.400 bits per heavy atom. The van der Waals surface area contributed by atoms with Gasteiger partial charge in [-0.05, 0) is 22.3 Å². The van der Waals surface area contributed by atoms with Gasteiger partial charge in [-0.2, -0.15) is 0 Å². The van der Waals surface area contributed by atoms with Crippen molar-refractivity contribution in [3.05, 3.63) is 59.7 Å². The van der Waals surface area contributed by atoms with Gasteiger partial charge in [0.1, 0.15) is 13.2 Å². The van der Waals surface area contributed by atoms with Gasteiger partial charge in [-0.3, -0.25) is 4.79 Å². The molecule has 0 radical (unpaired) electrons. The van der Waals surface area contributed by atoms with Gasteiger partial charge in [0, 0.05) is 19.4 Å². The number of hydrogen-bond acceptors (Lipinski definition) is 16. The van der Waals surface area contributed by atoms with Crippen molar-refractivity contribution in [3.63, 3.8) is 0 Å². The summed E-state index contributed by atoms with van der Waals surface area (Å²) in [4.78, 5) is 22.9. The van der Waals surface area contributed by atoms with E-state index in [0.29, 0.717) is 165 Å². The molecule has 17 nitrogen and oxygen atoms in total. The summed E-state index contributed by atoms with van der Waals surface area (Å²) in [5.41, 5.74) is 4.76. The Labute approximate surface area is 354 Å². The second kappa shape index (κ2) is 36.4. The fraction of sp³-hybridized carbons (Fsp3) is 0.674. The number of ether oxygens (including phenoxy) is 14. The molecule has 2 aromatic rings. The van der Waals surface area contributed by atoms with Crippen LogP contribution in [0.25, 0.3) is 11.1 Å². The molecule has 0 atom stereocenters. The lowest BCUT2D eigenvalue weighted by Gasteiger charge is -2.14. The standard InChI is InChI=1S/C43H67NO16/c1-37(45)59-35-34-58-33-32-57-31-30-56-29-28-55-27-26-54-25-24-53-23-22-52-21-20-51-19-18-50-17-16-49-15-14-48-13-12-47-11-10-44-43(46)60-36-42-40-8-4-2-6-38(40)39-7-3-5-9-41(39)42/h2-9,42H,10-36H2,1H3,(H,44,46). The van der Waals surface area contributed by atoms with Crippen LogP contribution in [0, 0.1) is 0 Å². The van der Waals surface area contributed by atoms with Crippen molar-refractivity contribution in [1.29, 1.82) is 0 Å². The van der Waals surface area contributed by atoms with Gasteiger partial charge in [0.2, 0.25) is 0 Å². The van der Waals surface area contributed by atoms with E-state index in [0.717, 1.165) is 0 Å². The Morgan fingerprint density at radius 3 is 1.00 bits per heavy atom. The molecule has 2 aromatic carbocycles. The van der Waals surface area contributed by atoms with E-state index in [2.05, 4.69) is 29.6 Å². The zero-order valence-corrected chi connectivity index (χ0v) is 35.3. The third-order valence-electron chi connectivity index (χ3n) is 8.48. The normalized spacial score (nSPS) is 12.1. The number of benzene rings is 2. The van der Waals surface area contributed by atoms with Crippen LogP contribution < -0.4 is 5.32 Å². The number of esters is 1. The van der Waals surface area contributed by atoms with E-state index in [1.54, 1.807) is 0 Å². The molecule has 1 N–H and O–H groups in total. The predicted octanol–water partition coefficient (Wildman–Crippen LogP) is 3.29. The minimum Gasteiger partial charge on any atom is -0.463 e. The molecule has 3 rings (SSSR count). The van der Waals surface area contributed by atoms with Crippen LogP contribution in [0.1, 0.15) is 24.0 Å². The summed E-state index contributed by atoms with van der Waals surface area (Å²) in [6, 6.07) is 16.5. The minimum absolute atomic E-state index is 0.0320. The van der Waals surface area contributed by atoms with Gasteiger partial charge in [0.25, 0.3) is 0 Å². The number of rotatable bonds is 41. The molecule has 60 heavy (non-hydrogen) atoms. The van der Waals surface area contributed by atoms with Crippen molar-refractivity contribution in [3.8, 4) is 11.1 Å². The molecule has 0 aromatic heterocycles. The van der Waals surface area contributed by atoms with Crippen LogP contribution in [0.2, 0.25) is 0 Å². The summed E-state index contributed by atoms with van der Waals surface area (Å²) in [6.45, 7) is 13.3. The first-order valence-electron chi connectivity index (χ1n) is 20.8. The molecular weight excluding hydrogens is 786 g/mol. The van der Waals surface area contributed by atoms with E-state index < -0.39 is 6.09 Å². The lowest BCUT2D eigenvalue weighted by Crippen LogP contribution is -2.29. The first kappa shape index (κ1) is 51.1. The number of carbonyl (C=O) groups is 2. The largest absolute Gasteiger partial charge is 0.463 e. The summed E-state index contributed by atoms with van der Waals surface area (Å²) in [7, 11) is 0. The number of fused-ring (bicyclic) bond motifs is 3. The molecule has 17 heteroatoms. The Kier molecular flexibility index (Phi) is 30.9. The summed E-state index contributed by atoms with van der Waals surface area (Å²) in [5.74, 6) is -0.284. The molecule has 0 saturated carbocycles. The van der Waals surface area contributed by atoms with Crippen molar-refractivity contribution >= 4 is 12.1 Å². The average Bonchev–Trinajstić information content (AvgIpc) is 3.58. The molecule has 0 fully saturated rings. The molecule has 0 saturated heterocycles. The SMILES string of the molecule is CC(=O)OCCOCCOCCOCCOCCOCCOCCOCCOCCOCCOCCOCCOCCNC(=O)OCC1c2ccccc2-c2ccccc21. The van der Waals surface area contributed by atoms with Crippen LogP contribution in [0.15, 0.2) is 48.5 Å². The third kappa shape index (κ3) is 25.5. The smallest absolute Gasteiger partial charge is 0.407 e. The Balaban J connectivity index is 0.920. The van der Waals surface area contributed by atoms with Crippen LogP contribution >= 0.6 is 0 Å². The molecule has 1 aliphatic carbocycles. The second-order valence-electron chi connectivity index (χ2n) is 12.9. The molecule has 0 spiro atoms. The van der Waals surface area contributed by atoms with Crippen LogP contribution in [-0.2, 0) is 71.1 Å². The predicted molar refractivity (Wildman–Crippen MR) is 220 cm³/mol. The van der Waals surface area contributed by atoms with Gasteiger partial charge in [-0.1, -0.05) is 48.5 Å². The summed E-state index contributed by atoms with van der Waals surface area (Å²) in [5, 5.41) is 2.74. The quantitative estimate of drug-likeness (QED) is 0.0762. The van der Waals surface area contributed by atoms with E-state index >= 15 is 0 Å². The molecule has 0 aliphatic heterocycles. The van der Waals surface area contributed by atoms with E-state index in [9.17, 15) is 9.59 Å². The van der Waals surface area contributed by atoms with Crippen molar-refractivity contribution in [2.45, 2.75) is 12.8 Å². The Bertz CT molecular complexity index is 1310. The van der Waals surface area contributed by atoms with E-state index in [1.165, 1.54) is 29.2 Å². The maximum Gasteiger partial charge on any atom is 0.407 e. The van der Waals surface area contributed by atoms with Gasteiger partial charge in [0.15, 0.2) is 0 Å². The Morgan fingerprint density at radius 2 is 0.683 bits per heavy atom. The van der Waals surface area contributed by atoms with Gasteiger partial charge in [-0.25, -0.2) is 4.79 Å². The van der Waals surface area contributed by atoms with Gasteiger partial charge >= 0.3 is 12.1 Å². The zero-order valence-electron chi connectivity index (χ0n) is 35.3.